The molecule has 0 aromatic carbocycles. The van der Waals surface area contributed by atoms with Crippen LogP contribution >= 0.6 is 0 Å². The Morgan fingerprint density at radius 2 is 2.19 bits per heavy atom. The zero-order valence-corrected chi connectivity index (χ0v) is 9.91. The SMILES string of the molecule is COCCOCCC1CCCC1(N)C(N)=O. The van der Waals surface area contributed by atoms with Crippen molar-refractivity contribution in [2.45, 2.75) is 31.2 Å². The highest BCUT2D eigenvalue weighted by molar-refractivity contribution is 5.85. The first-order chi connectivity index (χ1) is 7.61. The van der Waals surface area contributed by atoms with Crippen LogP contribution in [0.25, 0.3) is 0 Å². The Hall–Kier alpha value is -0.650. The fourth-order valence-corrected chi connectivity index (χ4v) is 2.30. The van der Waals surface area contributed by atoms with Crippen molar-refractivity contribution in [3.8, 4) is 0 Å². The van der Waals surface area contributed by atoms with Crippen LogP contribution in [0.1, 0.15) is 25.7 Å². The van der Waals surface area contributed by atoms with Gasteiger partial charge in [-0.3, -0.25) is 4.79 Å². The quantitative estimate of drug-likeness (QED) is 0.604. The second kappa shape index (κ2) is 6.18. The molecule has 2 unspecified atom stereocenters. The Kier molecular flexibility index (Phi) is 5.18. The summed E-state index contributed by atoms with van der Waals surface area (Å²) in [6.07, 6.45) is 3.43. The molecule has 0 heterocycles. The number of ether oxygens (including phenoxy) is 2. The number of carbonyl (C=O) groups excluding carboxylic acids is 1. The lowest BCUT2D eigenvalue weighted by Gasteiger charge is -2.27. The molecule has 1 fully saturated rings. The molecule has 1 amide bonds. The maximum Gasteiger partial charge on any atom is 0.237 e. The summed E-state index contributed by atoms with van der Waals surface area (Å²) in [5, 5.41) is 0. The summed E-state index contributed by atoms with van der Waals surface area (Å²) in [5.74, 6) is -0.223. The van der Waals surface area contributed by atoms with Crippen molar-refractivity contribution in [2.75, 3.05) is 26.9 Å². The molecule has 1 aliphatic rings. The first-order valence-electron chi connectivity index (χ1n) is 5.76. The molecule has 16 heavy (non-hydrogen) atoms. The molecule has 0 spiro atoms. The van der Waals surface area contributed by atoms with Gasteiger partial charge in [0, 0.05) is 13.7 Å². The molecular weight excluding hydrogens is 208 g/mol. The molecule has 0 aromatic heterocycles. The topological polar surface area (TPSA) is 87.6 Å². The number of nitrogens with two attached hydrogens (primary N) is 2. The van der Waals surface area contributed by atoms with Gasteiger partial charge < -0.3 is 20.9 Å². The maximum atomic E-state index is 11.3. The predicted molar refractivity (Wildman–Crippen MR) is 60.8 cm³/mol. The summed E-state index contributed by atoms with van der Waals surface area (Å²) in [6.45, 7) is 1.78. The maximum absolute atomic E-state index is 11.3. The molecule has 1 rings (SSSR count). The Morgan fingerprint density at radius 3 is 2.81 bits per heavy atom. The first-order valence-corrected chi connectivity index (χ1v) is 5.76. The minimum Gasteiger partial charge on any atom is -0.382 e. The fourth-order valence-electron chi connectivity index (χ4n) is 2.30. The minimum absolute atomic E-state index is 0.160. The molecule has 0 radical (unpaired) electrons. The van der Waals surface area contributed by atoms with Gasteiger partial charge in [0.05, 0.1) is 18.8 Å². The first kappa shape index (κ1) is 13.4. The van der Waals surface area contributed by atoms with Crippen LogP contribution in [0.3, 0.4) is 0 Å². The monoisotopic (exact) mass is 230 g/mol. The molecule has 0 aromatic rings. The third-order valence-corrected chi connectivity index (χ3v) is 3.37. The number of hydrogen-bond acceptors (Lipinski definition) is 4. The number of hydrogen-bond donors (Lipinski definition) is 2. The van der Waals surface area contributed by atoms with E-state index in [4.69, 9.17) is 20.9 Å². The van der Waals surface area contributed by atoms with Crippen LogP contribution < -0.4 is 11.5 Å². The van der Waals surface area contributed by atoms with Crippen LogP contribution in [0.15, 0.2) is 0 Å². The Balaban J connectivity index is 2.28. The van der Waals surface area contributed by atoms with Crippen LogP contribution in [0.5, 0.6) is 0 Å². The van der Waals surface area contributed by atoms with Gasteiger partial charge in [-0.2, -0.15) is 0 Å². The van der Waals surface area contributed by atoms with Crippen molar-refractivity contribution < 1.29 is 14.3 Å². The van der Waals surface area contributed by atoms with Gasteiger partial charge in [-0.25, -0.2) is 0 Å². The van der Waals surface area contributed by atoms with E-state index >= 15 is 0 Å². The molecule has 2 atom stereocenters. The van der Waals surface area contributed by atoms with Gasteiger partial charge in [0.1, 0.15) is 0 Å². The van der Waals surface area contributed by atoms with Crippen molar-refractivity contribution in [1.29, 1.82) is 0 Å². The van der Waals surface area contributed by atoms with Crippen LogP contribution in [-0.2, 0) is 14.3 Å². The zero-order chi connectivity index (χ0) is 12.0. The van der Waals surface area contributed by atoms with Gasteiger partial charge in [0.15, 0.2) is 0 Å². The van der Waals surface area contributed by atoms with E-state index < -0.39 is 5.54 Å². The van der Waals surface area contributed by atoms with E-state index in [1.165, 1.54) is 0 Å². The van der Waals surface area contributed by atoms with Crippen molar-refractivity contribution >= 4 is 5.91 Å². The highest BCUT2D eigenvalue weighted by Gasteiger charge is 2.43. The third kappa shape index (κ3) is 3.17. The molecule has 94 valence electrons. The van der Waals surface area contributed by atoms with E-state index in [1.54, 1.807) is 7.11 Å². The predicted octanol–water partition coefficient (Wildman–Crippen LogP) is 0.0224. The van der Waals surface area contributed by atoms with Gasteiger partial charge in [-0.05, 0) is 25.2 Å². The van der Waals surface area contributed by atoms with Gasteiger partial charge in [0.25, 0.3) is 0 Å². The summed E-state index contributed by atoms with van der Waals surface area (Å²) in [6, 6.07) is 0. The third-order valence-electron chi connectivity index (χ3n) is 3.37. The van der Waals surface area contributed by atoms with Crippen molar-refractivity contribution in [3.05, 3.63) is 0 Å². The Labute approximate surface area is 96.5 Å². The number of methoxy groups -OCH3 is 1. The summed E-state index contributed by atoms with van der Waals surface area (Å²) < 4.78 is 10.2. The fraction of sp³-hybridized carbons (Fsp3) is 0.909. The summed E-state index contributed by atoms with van der Waals surface area (Å²) >= 11 is 0. The largest absolute Gasteiger partial charge is 0.382 e. The average Bonchev–Trinajstić information content (AvgIpc) is 2.61. The number of carbonyl (C=O) groups is 1. The molecule has 5 heteroatoms. The molecular formula is C11H22N2O3. The molecule has 5 nitrogen and oxygen atoms in total. The van der Waals surface area contributed by atoms with Gasteiger partial charge in [-0.15, -0.1) is 0 Å². The van der Waals surface area contributed by atoms with Crippen molar-refractivity contribution in [2.24, 2.45) is 17.4 Å². The van der Waals surface area contributed by atoms with Gasteiger partial charge in [0.2, 0.25) is 5.91 Å². The van der Waals surface area contributed by atoms with Crippen LogP contribution in [0.4, 0.5) is 0 Å². The Morgan fingerprint density at radius 1 is 1.44 bits per heavy atom. The molecule has 1 saturated carbocycles. The van der Waals surface area contributed by atoms with Gasteiger partial charge in [-0.1, -0.05) is 6.42 Å². The van der Waals surface area contributed by atoms with E-state index in [-0.39, 0.29) is 11.8 Å². The standard InChI is InChI=1S/C11H22N2O3/c1-15-7-8-16-6-4-9-3-2-5-11(9,13)10(12)14/h9H,2-8,13H2,1H3,(H2,12,14). The second-order valence-electron chi connectivity index (χ2n) is 4.39. The van der Waals surface area contributed by atoms with E-state index in [2.05, 4.69) is 0 Å². The summed E-state index contributed by atoms with van der Waals surface area (Å²) in [5.41, 5.74) is 10.6. The molecule has 0 bridgehead atoms. The lowest BCUT2D eigenvalue weighted by atomic mass is 9.85. The highest BCUT2D eigenvalue weighted by atomic mass is 16.5. The number of rotatable bonds is 7. The van der Waals surface area contributed by atoms with Gasteiger partial charge >= 0.3 is 0 Å². The molecule has 0 saturated heterocycles. The number of amides is 1. The second-order valence-corrected chi connectivity index (χ2v) is 4.39. The lowest BCUT2D eigenvalue weighted by Crippen LogP contribution is -2.54. The Bertz CT molecular complexity index is 235. The van der Waals surface area contributed by atoms with E-state index in [0.717, 1.165) is 19.3 Å². The molecule has 1 aliphatic carbocycles. The lowest BCUT2D eigenvalue weighted by molar-refractivity contribution is -0.124. The van der Waals surface area contributed by atoms with Crippen LogP contribution in [0.2, 0.25) is 0 Å². The van der Waals surface area contributed by atoms with E-state index in [0.29, 0.717) is 26.2 Å². The number of primary amides is 1. The van der Waals surface area contributed by atoms with Crippen molar-refractivity contribution in [3.63, 3.8) is 0 Å². The van der Waals surface area contributed by atoms with Crippen molar-refractivity contribution in [1.82, 2.24) is 0 Å². The van der Waals surface area contributed by atoms with E-state index in [9.17, 15) is 4.79 Å². The zero-order valence-electron chi connectivity index (χ0n) is 9.91. The smallest absolute Gasteiger partial charge is 0.237 e. The average molecular weight is 230 g/mol. The van der Waals surface area contributed by atoms with E-state index in [1.807, 2.05) is 0 Å². The van der Waals surface area contributed by atoms with Crippen LogP contribution in [0, 0.1) is 5.92 Å². The molecule has 0 aliphatic heterocycles. The summed E-state index contributed by atoms with van der Waals surface area (Å²) in [7, 11) is 1.64. The minimum atomic E-state index is -0.815. The summed E-state index contributed by atoms with van der Waals surface area (Å²) in [4.78, 5) is 11.3. The normalized spacial score (nSPS) is 29.5. The van der Waals surface area contributed by atoms with Crippen LogP contribution in [-0.4, -0.2) is 38.4 Å². The molecule has 4 N–H and O–H groups in total. The highest BCUT2D eigenvalue weighted by Crippen LogP contribution is 2.35.